The third kappa shape index (κ3) is 3.31. The van der Waals surface area contributed by atoms with Gasteiger partial charge in [0.15, 0.2) is 5.16 Å². The summed E-state index contributed by atoms with van der Waals surface area (Å²) in [7, 11) is 0. The lowest BCUT2D eigenvalue weighted by atomic mass is 10.2. The third-order valence-corrected chi connectivity index (χ3v) is 5.74. The van der Waals surface area contributed by atoms with E-state index in [1.54, 1.807) is 16.7 Å². The summed E-state index contributed by atoms with van der Waals surface area (Å²) in [5, 5.41) is 5.99. The zero-order valence-electron chi connectivity index (χ0n) is 14.7. The summed E-state index contributed by atoms with van der Waals surface area (Å²) in [4.78, 5) is 22.1. The highest BCUT2D eigenvalue weighted by atomic mass is 35.5. The summed E-state index contributed by atoms with van der Waals surface area (Å²) < 4.78 is 7.18. The third-order valence-electron chi connectivity index (χ3n) is 4.56. The smallest absolute Gasteiger partial charge is 0.262 e. The maximum Gasteiger partial charge on any atom is 0.262 e. The van der Waals surface area contributed by atoms with Crippen molar-refractivity contribution in [2.75, 3.05) is 0 Å². The van der Waals surface area contributed by atoms with Crippen LogP contribution in [0.2, 0.25) is 5.02 Å². The topological polar surface area (TPSA) is 73.8 Å². The zero-order valence-corrected chi connectivity index (χ0v) is 16.3. The zero-order chi connectivity index (χ0) is 19.1. The Morgan fingerprint density at radius 3 is 2.82 bits per heavy atom. The molecule has 140 valence electrons. The van der Waals surface area contributed by atoms with E-state index in [1.165, 1.54) is 11.8 Å². The van der Waals surface area contributed by atoms with Crippen molar-refractivity contribution in [2.45, 2.75) is 29.8 Å². The minimum atomic E-state index is 0.0146. The summed E-state index contributed by atoms with van der Waals surface area (Å²) >= 11 is 7.47. The molecular formula is C20H15ClN4O2S. The normalized spacial score (nSPS) is 13.9. The minimum absolute atomic E-state index is 0.0146. The Morgan fingerprint density at radius 1 is 1.14 bits per heavy atom. The number of nitrogens with zero attached hydrogens (tertiary/aromatic N) is 4. The SMILES string of the molecule is O=c1c2ccccc2nc(SCc2nc(-c3cccc(Cl)c3)no2)n1C1CC1. The van der Waals surface area contributed by atoms with Crippen molar-refractivity contribution in [1.29, 1.82) is 0 Å². The van der Waals surface area contributed by atoms with E-state index in [0.29, 0.717) is 38.5 Å². The van der Waals surface area contributed by atoms with E-state index in [2.05, 4.69) is 10.1 Å². The standard InChI is InChI=1S/C20H15ClN4O2S/c21-13-5-3-4-12(10-13)18-23-17(27-24-18)11-28-20-22-16-7-2-1-6-15(16)19(26)25(20)14-8-9-14/h1-7,10,14H,8-9,11H2. The molecule has 0 aliphatic heterocycles. The van der Waals surface area contributed by atoms with Gasteiger partial charge in [0.25, 0.3) is 5.56 Å². The van der Waals surface area contributed by atoms with Gasteiger partial charge in [0.05, 0.1) is 16.7 Å². The van der Waals surface area contributed by atoms with E-state index in [0.717, 1.165) is 18.4 Å². The first-order valence-electron chi connectivity index (χ1n) is 8.91. The number of thioether (sulfide) groups is 1. The number of hydrogen-bond acceptors (Lipinski definition) is 6. The summed E-state index contributed by atoms with van der Waals surface area (Å²) in [6.07, 6.45) is 2.01. The van der Waals surface area contributed by atoms with Crippen molar-refractivity contribution >= 4 is 34.3 Å². The predicted octanol–water partition coefficient (Wildman–Crippen LogP) is 4.73. The van der Waals surface area contributed by atoms with Gasteiger partial charge in [-0.1, -0.05) is 52.8 Å². The van der Waals surface area contributed by atoms with Crippen molar-refractivity contribution in [3.63, 3.8) is 0 Å². The van der Waals surface area contributed by atoms with Gasteiger partial charge in [-0.2, -0.15) is 4.98 Å². The van der Waals surface area contributed by atoms with Gasteiger partial charge in [0.1, 0.15) is 0 Å². The fourth-order valence-electron chi connectivity index (χ4n) is 3.07. The molecule has 0 spiro atoms. The van der Waals surface area contributed by atoms with Gasteiger partial charge >= 0.3 is 0 Å². The molecule has 0 atom stereocenters. The first kappa shape index (κ1) is 17.5. The van der Waals surface area contributed by atoms with Crippen LogP contribution in [0, 0.1) is 0 Å². The van der Waals surface area contributed by atoms with E-state index >= 15 is 0 Å². The van der Waals surface area contributed by atoms with Gasteiger partial charge < -0.3 is 4.52 Å². The molecule has 1 aliphatic rings. The molecule has 1 aliphatic carbocycles. The Labute approximate surface area is 169 Å². The molecular weight excluding hydrogens is 396 g/mol. The molecule has 0 unspecified atom stereocenters. The first-order chi connectivity index (χ1) is 13.7. The Bertz CT molecular complexity index is 1230. The van der Waals surface area contributed by atoms with Gasteiger partial charge in [0, 0.05) is 16.6 Å². The van der Waals surface area contributed by atoms with E-state index in [4.69, 9.17) is 21.1 Å². The molecule has 6 nitrogen and oxygen atoms in total. The maximum atomic E-state index is 12.9. The van der Waals surface area contributed by atoms with Crippen LogP contribution < -0.4 is 5.56 Å². The summed E-state index contributed by atoms with van der Waals surface area (Å²) in [5.74, 6) is 1.40. The quantitative estimate of drug-likeness (QED) is 0.350. The van der Waals surface area contributed by atoms with Gasteiger partial charge in [-0.05, 0) is 37.1 Å². The van der Waals surface area contributed by atoms with Crippen molar-refractivity contribution < 1.29 is 4.52 Å². The monoisotopic (exact) mass is 410 g/mol. The van der Waals surface area contributed by atoms with Crippen LogP contribution in [0.5, 0.6) is 0 Å². The number of halogens is 1. The van der Waals surface area contributed by atoms with E-state index in [-0.39, 0.29) is 11.6 Å². The highest BCUT2D eigenvalue weighted by Crippen LogP contribution is 2.37. The molecule has 2 aromatic carbocycles. The Balaban J connectivity index is 1.44. The van der Waals surface area contributed by atoms with Crippen LogP contribution in [0.4, 0.5) is 0 Å². The second-order valence-electron chi connectivity index (χ2n) is 6.63. The molecule has 2 heterocycles. The van der Waals surface area contributed by atoms with Crippen molar-refractivity contribution in [3.05, 3.63) is 69.8 Å². The van der Waals surface area contributed by atoms with Crippen LogP contribution >= 0.6 is 23.4 Å². The summed E-state index contributed by atoms with van der Waals surface area (Å²) in [5.41, 5.74) is 1.52. The summed E-state index contributed by atoms with van der Waals surface area (Å²) in [6.45, 7) is 0. The van der Waals surface area contributed by atoms with E-state index < -0.39 is 0 Å². The molecule has 1 saturated carbocycles. The molecule has 2 aromatic heterocycles. The van der Waals surface area contributed by atoms with Crippen molar-refractivity contribution in [3.8, 4) is 11.4 Å². The van der Waals surface area contributed by atoms with Crippen molar-refractivity contribution in [1.82, 2.24) is 19.7 Å². The lowest BCUT2D eigenvalue weighted by Crippen LogP contribution is -2.22. The number of hydrogen-bond donors (Lipinski definition) is 0. The van der Waals surface area contributed by atoms with Crippen LogP contribution in [-0.2, 0) is 5.75 Å². The van der Waals surface area contributed by atoms with Gasteiger partial charge in [0.2, 0.25) is 11.7 Å². The van der Waals surface area contributed by atoms with Crippen molar-refractivity contribution in [2.24, 2.45) is 0 Å². The molecule has 5 rings (SSSR count). The van der Waals surface area contributed by atoms with E-state index in [1.807, 2.05) is 36.4 Å². The Kier molecular flexibility index (Phi) is 4.41. The van der Waals surface area contributed by atoms with Gasteiger partial charge in [-0.3, -0.25) is 9.36 Å². The molecule has 0 saturated heterocycles. The van der Waals surface area contributed by atoms with Crippen LogP contribution in [0.1, 0.15) is 24.8 Å². The van der Waals surface area contributed by atoms with Gasteiger partial charge in [-0.25, -0.2) is 4.98 Å². The highest BCUT2D eigenvalue weighted by molar-refractivity contribution is 7.98. The predicted molar refractivity (Wildman–Crippen MR) is 109 cm³/mol. The molecule has 0 amide bonds. The van der Waals surface area contributed by atoms with Crippen LogP contribution in [-0.4, -0.2) is 19.7 Å². The molecule has 8 heteroatoms. The number of rotatable bonds is 5. The van der Waals surface area contributed by atoms with Crippen LogP contribution in [0.15, 0.2) is 63.0 Å². The largest absolute Gasteiger partial charge is 0.338 e. The average molecular weight is 411 g/mol. The second-order valence-corrected chi connectivity index (χ2v) is 8.01. The molecule has 0 N–H and O–H groups in total. The number of para-hydroxylation sites is 1. The van der Waals surface area contributed by atoms with Gasteiger partial charge in [-0.15, -0.1) is 0 Å². The molecule has 4 aromatic rings. The van der Waals surface area contributed by atoms with E-state index in [9.17, 15) is 4.79 Å². The lowest BCUT2D eigenvalue weighted by Gasteiger charge is -2.11. The van der Waals surface area contributed by atoms with Crippen LogP contribution in [0.3, 0.4) is 0 Å². The summed E-state index contributed by atoms with van der Waals surface area (Å²) in [6, 6.07) is 15.0. The molecule has 1 fully saturated rings. The first-order valence-corrected chi connectivity index (χ1v) is 10.3. The molecule has 28 heavy (non-hydrogen) atoms. The Morgan fingerprint density at radius 2 is 2.00 bits per heavy atom. The fourth-order valence-corrected chi connectivity index (χ4v) is 4.16. The molecule has 0 bridgehead atoms. The fraction of sp³-hybridized carbons (Fsp3) is 0.200. The average Bonchev–Trinajstić information content (AvgIpc) is 3.42. The maximum absolute atomic E-state index is 12.9. The lowest BCUT2D eigenvalue weighted by molar-refractivity contribution is 0.391. The van der Waals surface area contributed by atoms with Crippen LogP contribution in [0.25, 0.3) is 22.3 Å². The Hall–Kier alpha value is -2.64. The molecule has 0 radical (unpaired) electrons. The number of fused-ring (bicyclic) bond motifs is 1. The minimum Gasteiger partial charge on any atom is -0.338 e. The number of benzene rings is 2. The highest BCUT2D eigenvalue weighted by Gasteiger charge is 2.28. The second kappa shape index (κ2) is 7.07. The number of aromatic nitrogens is 4.